The highest BCUT2D eigenvalue weighted by Gasteiger charge is 2.22. The molecule has 1 aromatic heterocycles. The van der Waals surface area contributed by atoms with Crippen LogP contribution < -0.4 is 0 Å². The van der Waals surface area contributed by atoms with Gasteiger partial charge in [0.25, 0.3) is 0 Å². The summed E-state index contributed by atoms with van der Waals surface area (Å²) in [6.45, 7) is 3.07. The highest BCUT2D eigenvalue weighted by Crippen LogP contribution is 2.26. The third-order valence-corrected chi connectivity index (χ3v) is 3.20. The number of carbonyl (C=O) groups is 1. The lowest BCUT2D eigenvalue weighted by molar-refractivity contribution is 0.0646. The Morgan fingerprint density at radius 1 is 1.60 bits per heavy atom. The molecule has 15 heavy (non-hydrogen) atoms. The van der Waals surface area contributed by atoms with E-state index in [-0.39, 0.29) is 5.78 Å². The van der Waals surface area contributed by atoms with Crippen molar-refractivity contribution in [1.82, 2.24) is 9.78 Å². The molecule has 1 aromatic rings. The van der Waals surface area contributed by atoms with E-state index in [0.717, 1.165) is 30.5 Å². The molecule has 0 atom stereocenters. The lowest BCUT2D eigenvalue weighted by Gasteiger charge is -2.23. The van der Waals surface area contributed by atoms with E-state index in [1.54, 1.807) is 13.1 Å². The van der Waals surface area contributed by atoms with Crippen molar-refractivity contribution in [3.8, 4) is 0 Å². The predicted molar refractivity (Wildman–Crippen MR) is 59.0 cm³/mol. The lowest BCUT2D eigenvalue weighted by Crippen LogP contribution is -2.23. The summed E-state index contributed by atoms with van der Waals surface area (Å²) >= 11 is 3.35. The van der Waals surface area contributed by atoms with E-state index in [4.69, 9.17) is 4.74 Å². The first-order valence-corrected chi connectivity index (χ1v) is 5.81. The maximum Gasteiger partial charge on any atom is 0.178 e. The third kappa shape index (κ3) is 2.13. The van der Waals surface area contributed by atoms with Crippen LogP contribution in [0.25, 0.3) is 0 Å². The van der Waals surface area contributed by atoms with Crippen LogP contribution in [0, 0.1) is 0 Å². The van der Waals surface area contributed by atoms with Gasteiger partial charge in [-0.3, -0.25) is 9.48 Å². The number of Topliss-reactive ketones (excluding diaryl/α,β-unsaturated/α-hetero) is 1. The number of aromatic nitrogens is 2. The standard InChI is InChI=1S/C10H13BrN2O2/c1-7(14)10-9(11)6-12-13(10)8-2-4-15-5-3-8/h6,8H,2-5H2,1H3. The maximum absolute atomic E-state index is 11.5. The SMILES string of the molecule is CC(=O)c1c(Br)cnn1C1CCOCC1. The first-order chi connectivity index (χ1) is 7.20. The second-order valence-electron chi connectivity index (χ2n) is 3.69. The van der Waals surface area contributed by atoms with Crippen molar-refractivity contribution in [3.05, 3.63) is 16.4 Å². The lowest BCUT2D eigenvalue weighted by atomic mass is 10.1. The molecule has 1 aliphatic heterocycles. The Morgan fingerprint density at radius 3 is 2.87 bits per heavy atom. The molecule has 0 radical (unpaired) electrons. The molecule has 1 aliphatic rings. The molecule has 2 heterocycles. The highest BCUT2D eigenvalue weighted by molar-refractivity contribution is 9.10. The van der Waals surface area contributed by atoms with Crippen LogP contribution in [0.3, 0.4) is 0 Å². The van der Waals surface area contributed by atoms with E-state index >= 15 is 0 Å². The molecule has 1 saturated heterocycles. The Labute approximate surface area is 96.7 Å². The zero-order valence-corrected chi connectivity index (χ0v) is 10.2. The van der Waals surface area contributed by atoms with E-state index in [9.17, 15) is 4.79 Å². The molecule has 0 N–H and O–H groups in total. The van der Waals surface area contributed by atoms with E-state index in [1.807, 2.05) is 4.68 Å². The Balaban J connectivity index is 2.30. The molecule has 0 unspecified atom stereocenters. The molecule has 0 spiro atoms. The summed E-state index contributed by atoms with van der Waals surface area (Å²) in [6, 6.07) is 0.295. The van der Waals surface area contributed by atoms with Gasteiger partial charge in [-0.25, -0.2) is 0 Å². The number of hydrogen-bond acceptors (Lipinski definition) is 3. The quantitative estimate of drug-likeness (QED) is 0.776. The summed E-state index contributed by atoms with van der Waals surface area (Å²) in [4.78, 5) is 11.5. The van der Waals surface area contributed by atoms with Crippen LogP contribution in [-0.2, 0) is 4.74 Å². The second kappa shape index (κ2) is 4.45. The number of ether oxygens (including phenoxy) is 1. The molecule has 0 amide bonds. The van der Waals surface area contributed by atoms with Gasteiger partial charge in [-0.15, -0.1) is 0 Å². The fourth-order valence-corrected chi connectivity index (χ4v) is 2.43. The molecule has 4 nitrogen and oxygen atoms in total. The minimum atomic E-state index is 0.0471. The Bertz CT molecular complexity index is 369. The van der Waals surface area contributed by atoms with Gasteiger partial charge in [0.1, 0.15) is 5.69 Å². The number of carbonyl (C=O) groups excluding carboxylic acids is 1. The predicted octanol–water partition coefficient (Wildman–Crippen LogP) is 2.20. The summed E-state index contributed by atoms with van der Waals surface area (Å²) in [7, 11) is 0. The van der Waals surface area contributed by atoms with Crippen LogP contribution in [0.2, 0.25) is 0 Å². The zero-order valence-electron chi connectivity index (χ0n) is 8.57. The molecule has 0 bridgehead atoms. The minimum Gasteiger partial charge on any atom is -0.381 e. The zero-order chi connectivity index (χ0) is 10.8. The van der Waals surface area contributed by atoms with Gasteiger partial charge in [0.15, 0.2) is 5.78 Å². The monoisotopic (exact) mass is 272 g/mol. The normalized spacial score (nSPS) is 18.0. The maximum atomic E-state index is 11.5. The fraction of sp³-hybridized carbons (Fsp3) is 0.600. The number of halogens is 1. The molecule has 5 heteroatoms. The third-order valence-electron chi connectivity index (χ3n) is 2.62. The average molecular weight is 273 g/mol. The number of rotatable bonds is 2. The van der Waals surface area contributed by atoms with Crippen LogP contribution in [-0.4, -0.2) is 28.8 Å². The van der Waals surface area contributed by atoms with Crippen molar-refractivity contribution in [2.45, 2.75) is 25.8 Å². The Morgan fingerprint density at radius 2 is 2.27 bits per heavy atom. The number of hydrogen-bond donors (Lipinski definition) is 0. The van der Waals surface area contributed by atoms with Crippen molar-refractivity contribution < 1.29 is 9.53 Å². The summed E-state index contributed by atoms with van der Waals surface area (Å²) in [5, 5.41) is 4.25. The largest absolute Gasteiger partial charge is 0.381 e. The molecule has 0 aliphatic carbocycles. The van der Waals surface area contributed by atoms with Gasteiger partial charge in [-0.2, -0.15) is 5.10 Å². The smallest absolute Gasteiger partial charge is 0.178 e. The van der Waals surface area contributed by atoms with E-state index < -0.39 is 0 Å². The van der Waals surface area contributed by atoms with Gasteiger partial charge in [0.05, 0.1) is 16.7 Å². The first-order valence-electron chi connectivity index (χ1n) is 5.02. The van der Waals surface area contributed by atoms with Gasteiger partial charge >= 0.3 is 0 Å². The van der Waals surface area contributed by atoms with Gasteiger partial charge in [0, 0.05) is 20.1 Å². The van der Waals surface area contributed by atoms with Crippen LogP contribution in [0.15, 0.2) is 10.7 Å². The van der Waals surface area contributed by atoms with Crippen molar-refractivity contribution in [2.75, 3.05) is 13.2 Å². The van der Waals surface area contributed by atoms with E-state index in [1.165, 1.54) is 0 Å². The summed E-state index contributed by atoms with van der Waals surface area (Å²) in [5.41, 5.74) is 0.668. The van der Waals surface area contributed by atoms with Crippen LogP contribution >= 0.6 is 15.9 Å². The second-order valence-corrected chi connectivity index (χ2v) is 4.54. The van der Waals surface area contributed by atoms with Crippen molar-refractivity contribution >= 4 is 21.7 Å². The summed E-state index contributed by atoms with van der Waals surface area (Å²) < 4.78 is 7.90. The molecule has 82 valence electrons. The summed E-state index contributed by atoms with van der Waals surface area (Å²) in [5.74, 6) is 0.0471. The molecule has 0 aromatic carbocycles. The fourth-order valence-electron chi connectivity index (χ4n) is 1.88. The van der Waals surface area contributed by atoms with Gasteiger partial charge < -0.3 is 4.74 Å². The van der Waals surface area contributed by atoms with Crippen molar-refractivity contribution in [3.63, 3.8) is 0 Å². The Kier molecular flexibility index (Phi) is 3.21. The van der Waals surface area contributed by atoms with Gasteiger partial charge in [-0.05, 0) is 28.8 Å². The molecular weight excluding hydrogens is 260 g/mol. The van der Waals surface area contributed by atoms with Crippen LogP contribution in [0.4, 0.5) is 0 Å². The van der Waals surface area contributed by atoms with Crippen molar-refractivity contribution in [2.24, 2.45) is 0 Å². The minimum absolute atomic E-state index is 0.0471. The van der Waals surface area contributed by atoms with Gasteiger partial charge in [-0.1, -0.05) is 0 Å². The average Bonchev–Trinajstić information content (AvgIpc) is 2.61. The molecular formula is C10H13BrN2O2. The number of ketones is 1. The van der Waals surface area contributed by atoms with E-state index in [0.29, 0.717) is 11.7 Å². The summed E-state index contributed by atoms with van der Waals surface area (Å²) in [6.07, 6.45) is 3.54. The van der Waals surface area contributed by atoms with Crippen LogP contribution in [0.1, 0.15) is 36.3 Å². The van der Waals surface area contributed by atoms with Crippen molar-refractivity contribution in [1.29, 1.82) is 0 Å². The van der Waals surface area contributed by atoms with E-state index in [2.05, 4.69) is 21.0 Å². The molecule has 2 rings (SSSR count). The first kappa shape index (κ1) is 10.8. The van der Waals surface area contributed by atoms with Gasteiger partial charge in [0.2, 0.25) is 0 Å². The molecule has 1 fully saturated rings. The molecule has 0 saturated carbocycles. The topological polar surface area (TPSA) is 44.1 Å². The van der Waals surface area contributed by atoms with Crippen LogP contribution in [0.5, 0.6) is 0 Å². The Hall–Kier alpha value is -0.680. The highest BCUT2D eigenvalue weighted by atomic mass is 79.9. The number of nitrogens with zero attached hydrogens (tertiary/aromatic N) is 2.